The number of benzene rings is 1. The number of halogens is 2. The number of hydrogen-bond acceptors (Lipinski definition) is 2. The molecule has 0 spiro atoms. The van der Waals surface area contributed by atoms with E-state index < -0.39 is 0 Å². The Labute approximate surface area is 114 Å². The van der Waals surface area contributed by atoms with Gasteiger partial charge in [0.1, 0.15) is 0 Å². The van der Waals surface area contributed by atoms with Crippen LogP contribution in [0.25, 0.3) is 0 Å². The van der Waals surface area contributed by atoms with Gasteiger partial charge in [0.25, 0.3) is 0 Å². The molecular formula is C12H14BrClN2O. The van der Waals surface area contributed by atoms with Crippen LogP contribution in [0, 0.1) is 5.92 Å². The van der Waals surface area contributed by atoms with Gasteiger partial charge in [0, 0.05) is 17.3 Å². The highest BCUT2D eigenvalue weighted by molar-refractivity contribution is 9.09. The molecule has 0 saturated carbocycles. The van der Waals surface area contributed by atoms with Crippen LogP contribution in [0.5, 0.6) is 0 Å². The fraction of sp³-hybridized carbons (Fsp3) is 0.417. The summed E-state index contributed by atoms with van der Waals surface area (Å²) in [6.45, 7) is 0. The predicted molar refractivity (Wildman–Crippen MR) is 73.5 cm³/mol. The number of hydrazine groups is 1. The van der Waals surface area contributed by atoms with Crippen LogP contribution in [-0.2, 0) is 4.79 Å². The fourth-order valence-corrected chi connectivity index (χ4v) is 2.85. The lowest BCUT2D eigenvalue weighted by Crippen LogP contribution is -2.38. The Morgan fingerprint density at radius 3 is 2.65 bits per heavy atom. The third-order valence-corrected chi connectivity index (χ3v) is 3.83. The first-order chi connectivity index (χ1) is 8.27. The summed E-state index contributed by atoms with van der Waals surface area (Å²) in [5.41, 5.74) is 4.10. The third-order valence-electron chi connectivity index (χ3n) is 2.92. The number of carbonyl (C=O) groups is 1. The van der Waals surface area contributed by atoms with E-state index in [1.54, 1.807) is 5.01 Å². The number of rotatable bonds is 4. The van der Waals surface area contributed by atoms with E-state index in [0.29, 0.717) is 12.3 Å². The topological polar surface area (TPSA) is 32.3 Å². The molecule has 0 radical (unpaired) electrons. The molecule has 2 atom stereocenters. The highest BCUT2D eigenvalue weighted by atomic mass is 79.9. The number of alkyl halides is 2. The standard InChI is InChI=1S/C12H14BrClN2O/c13-8-11-10(6-7-14)12(17)16(15-11)9-4-2-1-3-5-9/h1-5,10-11,15H,6-8H2. The van der Waals surface area contributed by atoms with E-state index in [1.807, 2.05) is 30.3 Å². The summed E-state index contributed by atoms with van der Waals surface area (Å²) < 4.78 is 0. The number of hydrogen-bond donors (Lipinski definition) is 1. The van der Waals surface area contributed by atoms with Gasteiger partial charge in [-0.1, -0.05) is 34.1 Å². The predicted octanol–water partition coefficient (Wildman–Crippen LogP) is 2.55. The van der Waals surface area contributed by atoms with Crippen LogP contribution in [0.3, 0.4) is 0 Å². The number of anilines is 1. The zero-order valence-electron chi connectivity index (χ0n) is 9.27. The van der Waals surface area contributed by atoms with Crippen molar-refractivity contribution in [2.75, 3.05) is 16.2 Å². The van der Waals surface area contributed by atoms with E-state index in [4.69, 9.17) is 11.6 Å². The molecule has 1 fully saturated rings. The average Bonchev–Trinajstić information content (AvgIpc) is 2.69. The first-order valence-corrected chi connectivity index (χ1v) is 7.20. The number of amides is 1. The van der Waals surface area contributed by atoms with Gasteiger partial charge in [0.05, 0.1) is 11.6 Å². The Bertz CT molecular complexity index is 387. The lowest BCUT2D eigenvalue weighted by Gasteiger charge is -2.16. The van der Waals surface area contributed by atoms with Crippen molar-refractivity contribution < 1.29 is 4.79 Å². The van der Waals surface area contributed by atoms with Crippen molar-refractivity contribution in [1.29, 1.82) is 0 Å². The van der Waals surface area contributed by atoms with Gasteiger partial charge in [-0.15, -0.1) is 11.6 Å². The maximum atomic E-state index is 12.2. The molecule has 0 aliphatic carbocycles. The zero-order chi connectivity index (χ0) is 12.3. The van der Waals surface area contributed by atoms with Crippen molar-refractivity contribution in [3.8, 4) is 0 Å². The average molecular weight is 318 g/mol. The minimum absolute atomic E-state index is 0.0490. The van der Waals surface area contributed by atoms with Gasteiger partial charge in [0.15, 0.2) is 0 Å². The summed E-state index contributed by atoms with van der Waals surface area (Å²) in [5, 5.41) is 2.37. The first kappa shape index (κ1) is 12.9. The normalized spacial score (nSPS) is 24.4. The van der Waals surface area contributed by atoms with E-state index >= 15 is 0 Å². The molecule has 92 valence electrons. The van der Waals surface area contributed by atoms with E-state index in [2.05, 4.69) is 21.4 Å². The maximum absolute atomic E-state index is 12.2. The van der Waals surface area contributed by atoms with E-state index in [-0.39, 0.29) is 17.9 Å². The lowest BCUT2D eigenvalue weighted by atomic mass is 10.00. The molecule has 0 aromatic heterocycles. The van der Waals surface area contributed by atoms with Gasteiger partial charge in [-0.05, 0) is 18.6 Å². The minimum Gasteiger partial charge on any atom is -0.273 e. The van der Waals surface area contributed by atoms with Crippen molar-refractivity contribution in [1.82, 2.24) is 5.43 Å². The molecule has 1 aliphatic heterocycles. The van der Waals surface area contributed by atoms with Crippen LogP contribution in [0.1, 0.15) is 6.42 Å². The summed E-state index contributed by atoms with van der Waals surface area (Å²) in [5.74, 6) is 0.554. The third kappa shape index (κ3) is 2.64. The quantitative estimate of drug-likeness (QED) is 0.866. The van der Waals surface area contributed by atoms with Crippen LogP contribution in [-0.4, -0.2) is 23.2 Å². The highest BCUT2D eigenvalue weighted by Crippen LogP contribution is 2.26. The smallest absolute Gasteiger partial charge is 0.246 e. The van der Waals surface area contributed by atoms with Gasteiger partial charge in [-0.3, -0.25) is 4.79 Å². The van der Waals surface area contributed by atoms with Crippen LogP contribution in [0.15, 0.2) is 30.3 Å². The highest BCUT2D eigenvalue weighted by Gasteiger charge is 2.39. The molecule has 2 unspecified atom stereocenters. The second-order valence-electron chi connectivity index (χ2n) is 3.98. The molecule has 1 aromatic rings. The minimum atomic E-state index is -0.0490. The Balaban J connectivity index is 2.19. The van der Waals surface area contributed by atoms with Crippen LogP contribution in [0.4, 0.5) is 5.69 Å². The number of nitrogens with zero attached hydrogens (tertiary/aromatic N) is 1. The molecule has 1 amide bonds. The van der Waals surface area contributed by atoms with Gasteiger partial charge in [-0.2, -0.15) is 0 Å². The van der Waals surface area contributed by atoms with Crippen LogP contribution >= 0.6 is 27.5 Å². The number of para-hydroxylation sites is 1. The van der Waals surface area contributed by atoms with Crippen molar-refractivity contribution in [3.63, 3.8) is 0 Å². The molecule has 1 aromatic carbocycles. The van der Waals surface area contributed by atoms with Gasteiger partial charge < -0.3 is 0 Å². The zero-order valence-corrected chi connectivity index (χ0v) is 11.6. The molecule has 3 nitrogen and oxygen atoms in total. The summed E-state index contributed by atoms with van der Waals surface area (Å²) in [6.07, 6.45) is 0.701. The van der Waals surface area contributed by atoms with Crippen molar-refractivity contribution >= 4 is 39.1 Å². The second kappa shape index (κ2) is 5.85. The van der Waals surface area contributed by atoms with Gasteiger partial charge in [-0.25, -0.2) is 10.4 Å². The number of carbonyl (C=O) groups excluding carboxylic acids is 1. The van der Waals surface area contributed by atoms with E-state index in [1.165, 1.54) is 0 Å². The van der Waals surface area contributed by atoms with Crippen molar-refractivity contribution in [2.45, 2.75) is 12.5 Å². The summed E-state index contributed by atoms with van der Waals surface area (Å²) in [6, 6.07) is 9.72. The molecule has 0 bridgehead atoms. The molecule has 17 heavy (non-hydrogen) atoms. The molecule has 1 heterocycles. The lowest BCUT2D eigenvalue weighted by molar-refractivity contribution is -0.120. The van der Waals surface area contributed by atoms with E-state index in [9.17, 15) is 4.79 Å². The molecule has 2 rings (SSSR count). The van der Waals surface area contributed by atoms with Crippen molar-refractivity contribution in [3.05, 3.63) is 30.3 Å². The molecule has 1 saturated heterocycles. The maximum Gasteiger partial charge on any atom is 0.246 e. The van der Waals surface area contributed by atoms with Crippen molar-refractivity contribution in [2.24, 2.45) is 5.92 Å². The Morgan fingerprint density at radius 1 is 1.35 bits per heavy atom. The van der Waals surface area contributed by atoms with Gasteiger partial charge >= 0.3 is 0 Å². The summed E-state index contributed by atoms with van der Waals surface area (Å²) >= 11 is 9.18. The summed E-state index contributed by atoms with van der Waals surface area (Å²) in [7, 11) is 0. The Hall–Kier alpha value is -0.580. The van der Waals surface area contributed by atoms with Crippen LogP contribution in [0.2, 0.25) is 0 Å². The SMILES string of the molecule is O=C1C(CCCl)C(CBr)NN1c1ccccc1. The Kier molecular flexibility index (Phi) is 4.42. The molecule has 1 aliphatic rings. The molecule has 1 N–H and O–H groups in total. The molecular weight excluding hydrogens is 304 g/mol. The fourth-order valence-electron chi connectivity index (χ4n) is 2.02. The first-order valence-electron chi connectivity index (χ1n) is 5.55. The van der Waals surface area contributed by atoms with E-state index in [0.717, 1.165) is 11.0 Å². The monoisotopic (exact) mass is 316 g/mol. The summed E-state index contributed by atoms with van der Waals surface area (Å²) in [4.78, 5) is 12.2. The van der Waals surface area contributed by atoms with Crippen LogP contribution < -0.4 is 10.4 Å². The largest absolute Gasteiger partial charge is 0.273 e. The molecule has 5 heteroatoms. The number of nitrogens with one attached hydrogen (secondary N) is 1. The second-order valence-corrected chi connectivity index (χ2v) is 5.01. The van der Waals surface area contributed by atoms with Gasteiger partial charge in [0.2, 0.25) is 5.91 Å². The Morgan fingerprint density at radius 2 is 2.06 bits per heavy atom.